The second-order valence-corrected chi connectivity index (χ2v) is 9.07. The van der Waals surface area contributed by atoms with Crippen molar-refractivity contribution >= 4 is 40.6 Å². The summed E-state index contributed by atoms with van der Waals surface area (Å²) >= 11 is 6.09. The molecular weight excluding hydrogens is 448 g/mol. The van der Waals surface area contributed by atoms with Crippen LogP contribution in [0.2, 0.25) is 5.02 Å². The van der Waals surface area contributed by atoms with Gasteiger partial charge in [0.05, 0.1) is 11.4 Å². The van der Waals surface area contributed by atoms with Crippen molar-refractivity contribution in [2.24, 2.45) is 0 Å². The SMILES string of the molecule is Cc1ccc(CNC(=O)c2ccc(N3CCCC3)c(NC(=O)Nc3cc(Cl)ccc3C)c2)cc1. The van der Waals surface area contributed by atoms with Gasteiger partial charge >= 0.3 is 6.03 Å². The van der Waals surface area contributed by atoms with Gasteiger partial charge in [0.15, 0.2) is 0 Å². The number of rotatable bonds is 6. The van der Waals surface area contributed by atoms with Crippen molar-refractivity contribution < 1.29 is 9.59 Å². The predicted molar refractivity (Wildman–Crippen MR) is 139 cm³/mol. The van der Waals surface area contributed by atoms with E-state index in [1.165, 1.54) is 5.56 Å². The summed E-state index contributed by atoms with van der Waals surface area (Å²) in [6.45, 7) is 6.21. The molecule has 6 nitrogen and oxygen atoms in total. The van der Waals surface area contributed by atoms with E-state index in [2.05, 4.69) is 20.9 Å². The van der Waals surface area contributed by atoms with Gasteiger partial charge in [0.1, 0.15) is 0 Å². The second-order valence-electron chi connectivity index (χ2n) is 8.63. The number of hydrogen-bond donors (Lipinski definition) is 3. The average molecular weight is 477 g/mol. The van der Waals surface area contributed by atoms with Gasteiger partial charge in [-0.05, 0) is 68.1 Å². The minimum Gasteiger partial charge on any atom is -0.370 e. The fraction of sp³-hybridized carbons (Fsp3) is 0.259. The van der Waals surface area contributed by atoms with Crippen LogP contribution in [0.15, 0.2) is 60.7 Å². The van der Waals surface area contributed by atoms with Crippen molar-refractivity contribution in [3.8, 4) is 0 Å². The third-order valence-electron chi connectivity index (χ3n) is 5.98. The first-order valence-corrected chi connectivity index (χ1v) is 11.8. The topological polar surface area (TPSA) is 73.5 Å². The number of urea groups is 1. The maximum absolute atomic E-state index is 12.9. The molecule has 1 saturated heterocycles. The van der Waals surface area contributed by atoms with Crippen LogP contribution in [0.5, 0.6) is 0 Å². The quantitative estimate of drug-likeness (QED) is 0.400. The number of hydrogen-bond acceptors (Lipinski definition) is 3. The molecule has 7 heteroatoms. The smallest absolute Gasteiger partial charge is 0.323 e. The van der Waals surface area contributed by atoms with Crippen LogP contribution in [0, 0.1) is 13.8 Å². The van der Waals surface area contributed by atoms with Gasteiger partial charge in [0.2, 0.25) is 0 Å². The van der Waals surface area contributed by atoms with Gasteiger partial charge < -0.3 is 20.9 Å². The molecule has 3 aromatic rings. The van der Waals surface area contributed by atoms with Crippen molar-refractivity contribution in [3.05, 3.63) is 87.9 Å². The van der Waals surface area contributed by atoms with Crippen molar-refractivity contribution in [2.75, 3.05) is 28.6 Å². The lowest BCUT2D eigenvalue weighted by molar-refractivity contribution is 0.0951. The fourth-order valence-corrected chi connectivity index (χ4v) is 4.18. The zero-order chi connectivity index (χ0) is 24.1. The van der Waals surface area contributed by atoms with Crippen LogP contribution in [0.25, 0.3) is 0 Å². The van der Waals surface area contributed by atoms with E-state index in [0.717, 1.165) is 42.7 Å². The molecule has 0 atom stereocenters. The molecule has 0 radical (unpaired) electrons. The molecule has 0 aliphatic carbocycles. The molecule has 1 heterocycles. The Hall–Kier alpha value is -3.51. The molecule has 4 rings (SSSR count). The molecule has 0 unspecified atom stereocenters. The molecule has 0 bridgehead atoms. The summed E-state index contributed by atoms with van der Waals surface area (Å²) in [7, 11) is 0. The van der Waals surface area contributed by atoms with Crippen LogP contribution in [0.3, 0.4) is 0 Å². The highest BCUT2D eigenvalue weighted by molar-refractivity contribution is 6.31. The zero-order valence-corrected chi connectivity index (χ0v) is 20.2. The normalized spacial score (nSPS) is 13.0. The van der Waals surface area contributed by atoms with Gasteiger partial charge in [-0.3, -0.25) is 4.79 Å². The zero-order valence-electron chi connectivity index (χ0n) is 19.5. The third kappa shape index (κ3) is 5.88. The number of benzene rings is 3. The molecule has 34 heavy (non-hydrogen) atoms. The van der Waals surface area contributed by atoms with Crippen LogP contribution in [-0.4, -0.2) is 25.0 Å². The minimum atomic E-state index is -0.386. The fourth-order valence-electron chi connectivity index (χ4n) is 4.01. The van der Waals surface area contributed by atoms with E-state index in [1.807, 2.05) is 56.3 Å². The molecule has 1 aliphatic rings. The first kappa shape index (κ1) is 23.6. The van der Waals surface area contributed by atoms with Crippen LogP contribution in [0.1, 0.15) is 39.9 Å². The van der Waals surface area contributed by atoms with Gasteiger partial charge in [0.25, 0.3) is 5.91 Å². The monoisotopic (exact) mass is 476 g/mol. The summed E-state index contributed by atoms with van der Waals surface area (Å²) in [5, 5.41) is 9.32. The van der Waals surface area contributed by atoms with Gasteiger partial charge in [-0.2, -0.15) is 0 Å². The maximum Gasteiger partial charge on any atom is 0.323 e. The lowest BCUT2D eigenvalue weighted by atomic mass is 10.1. The molecule has 3 amide bonds. The summed E-state index contributed by atoms with van der Waals surface area (Å²) in [5.41, 5.74) is 5.75. The summed E-state index contributed by atoms with van der Waals surface area (Å²) in [4.78, 5) is 27.9. The highest BCUT2D eigenvalue weighted by atomic mass is 35.5. The largest absolute Gasteiger partial charge is 0.370 e. The van der Waals surface area contributed by atoms with Crippen molar-refractivity contribution in [1.82, 2.24) is 5.32 Å². The number of nitrogens with zero attached hydrogens (tertiary/aromatic N) is 1. The Balaban J connectivity index is 1.51. The first-order valence-electron chi connectivity index (χ1n) is 11.5. The summed E-state index contributed by atoms with van der Waals surface area (Å²) < 4.78 is 0. The van der Waals surface area contributed by atoms with E-state index >= 15 is 0 Å². The van der Waals surface area contributed by atoms with Gasteiger partial charge in [-0.15, -0.1) is 0 Å². The second kappa shape index (κ2) is 10.6. The van der Waals surface area contributed by atoms with E-state index in [0.29, 0.717) is 28.5 Å². The number of carbonyl (C=O) groups is 2. The average Bonchev–Trinajstić information content (AvgIpc) is 3.35. The van der Waals surface area contributed by atoms with Crippen LogP contribution in [-0.2, 0) is 6.54 Å². The standard InChI is InChI=1S/C27H29ClN4O2/c1-18-5-8-20(9-6-18)17-29-26(33)21-10-12-25(32-13-3-4-14-32)24(15-21)31-27(34)30-23-16-22(28)11-7-19(23)2/h5-12,15-16H,3-4,13-14,17H2,1-2H3,(H,29,33)(H2,30,31,34). The Kier molecular flexibility index (Phi) is 7.38. The first-order chi connectivity index (χ1) is 16.4. The number of amides is 3. The van der Waals surface area contributed by atoms with Crippen LogP contribution >= 0.6 is 11.6 Å². The van der Waals surface area contributed by atoms with Crippen LogP contribution in [0.4, 0.5) is 21.9 Å². The molecule has 0 saturated carbocycles. The molecule has 0 aromatic heterocycles. The lowest BCUT2D eigenvalue weighted by Gasteiger charge is -2.22. The Bertz CT molecular complexity index is 1190. The Morgan fingerprint density at radius 1 is 0.882 bits per heavy atom. The summed E-state index contributed by atoms with van der Waals surface area (Å²) in [6, 6.07) is 18.5. The number of anilines is 3. The number of halogens is 1. The van der Waals surface area contributed by atoms with E-state index in [1.54, 1.807) is 18.2 Å². The van der Waals surface area contributed by atoms with Crippen molar-refractivity contribution in [2.45, 2.75) is 33.2 Å². The Morgan fingerprint density at radius 3 is 2.32 bits per heavy atom. The van der Waals surface area contributed by atoms with Crippen molar-refractivity contribution in [1.29, 1.82) is 0 Å². The van der Waals surface area contributed by atoms with E-state index in [9.17, 15) is 9.59 Å². The Morgan fingerprint density at radius 2 is 1.59 bits per heavy atom. The lowest BCUT2D eigenvalue weighted by Crippen LogP contribution is -2.26. The summed E-state index contributed by atoms with van der Waals surface area (Å²) in [5.74, 6) is -0.192. The van der Waals surface area contributed by atoms with Crippen LogP contribution < -0.4 is 20.9 Å². The van der Waals surface area contributed by atoms with Crippen molar-refractivity contribution in [3.63, 3.8) is 0 Å². The van der Waals surface area contributed by atoms with E-state index in [-0.39, 0.29) is 11.9 Å². The third-order valence-corrected chi connectivity index (χ3v) is 6.21. The number of nitrogens with one attached hydrogen (secondary N) is 3. The molecule has 0 spiro atoms. The highest BCUT2D eigenvalue weighted by Gasteiger charge is 2.19. The minimum absolute atomic E-state index is 0.192. The molecular formula is C27H29ClN4O2. The highest BCUT2D eigenvalue weighted by Crippen LogP contribution is 2.30. The van der Waals surface area contributed by atoms with E-state index in [4.69, 9.17) is 11.6 Å². The predicted octanol–water partition coefficient (Wildman–Crippen LogP) is 6.13. The van der Waals surface area contributed by atoms with Gasteiger partial charge in [-0.1, -0.05) is 47.5 Å². The van der Waals surface area contributed by atoms with Gasteiger partial charge in [0, 0.05) is 35.9 Å². The molecule has 176 valence electrons. The van der Waals surface area contributed by atoms with E-state index < -0.39 is 0 Å². The molecule has 1 fully saturated rings. The molecule has 3 N–H and O–H groups in total. The number of aryl methyl sites for hydroxylation is 2. The molecule has 1 aliphatic heterocycles. The Labute approximate surface area is 205 Å². The summed E-state index contributed by atoms with van der Waals surface area (Å²) in [6.07, 6.45) is 2.21. The van der Waals surface area contributed by atoms with Gasteiger partial charge in [-0.25, -0.2) is 4.79 Å². The maximum atomic E-state index is 12.9. The molecule has 3 aromatic carbocycles. The number of carbonyl (C=O) groups excluding carboxylic acids is 2.